The second kappa shape index (κ2) is 5.52. The summed E-state index contributed by atoms with van der Waals surface area (Å²) in [6.07, 6.45) is 3.47. The Balaban J connectivity index is 2.08. The molecule has 0 saturated heterocycles. The summed E-state index contributed by atoms with van der Waals surface area (Å²) in [7, 11) is 0. The van der Waals surface area contributed by atoms with Crippen LogP contribution in [0.2, 0.25) is 0 Å². The number of halogens is 2. The normalized spacial score (nSPS) is 16.9. The Hall–Kier alpha value is -2.05. The molecule has 1 aliphatic rings. The van der Waals surface area contributed by atoms with Gasteiger partial charge in [0.15, 0.2) is 5.82 Å². The summed E-state index contributed by atoms with van der Waals surface area (Å²) in [4.78, 5) is 26.2. The summed E-state index contributed by atoms with van der Waals surface area (Å²) in [5.74, 6) is -4.50. The number of carbonyl (C=O) groups excluding carboxylic acids is 1. The van der Waals surface area contributed by atoms with E-state index in [9.17, 15) is 23.5 Å². The van der Waals surface area contributed by atoms with Crippen LogP contribution in [0.25, 0.3) is 0 Å². The van der Waals surface area contributed by atoms with Crippen LogP contribution in [0.5, 0.6) is 0 Å². The van der Waals surface area contributed by atoms with Gasteiger partial charge in [0.2, 0.25) is 5.95 Å². The van der Waals surface area contributed by atoms with Crippen LogP contribution >= 0.6 is 0 Å². The van der Waals surface area contributed by atoms with Crippen molar-refractivity contribution >= 4 is 11.9 Å². The van der Waals surface area contributed by atoms with Crippen LogP contribution in [0.3, 0.4) is 0 Å². The number of nitrogens with one attached hydrogen (secondary N) is 1. The molecule has 0 bridgehead atoms. The maximum Gasteiger partial charge on any atom is 0.311 e. The minimum atomic E-state index is -1.36. The molecule has 0 atom stereocenters. The van der Waals surface area contributed by atoms with Crippen LogP contribution in [-0.4, -0.2) is 28.5 Å². The highest BCUT2D eigenvalue weighted by Gasteiger charge is 2.41. The Morgan fingerprint density at radius 2 is 2.00 bits per heavy atom. The lowest BCUT2D eigenvalue weighted by Gasteiger charge is -2.23. The van der Waals surface area contributed by atoms with E-state index in [1.54, 1.807) is 0 Å². The number of aromatic nitrogens is 1. The van der Waals surface area contributed by atoms with Gasteiger partial charge in [-0.3, -0.25) is 9.59 Å². The van der Waals surface area contributed by atoms with Crippen LogP contribution in [-0.2, 0) is 4.79 Å². The Morgan fingerprint density at radius 1 is 1.35 bits per heavy atom. The fraction of sp³-hybridized carbons (Fsp3) is 0.462. The molecule has 20 heavy (non-hydrogen) atoms. The van der Waals surface area contributed by atoms with E-state index in [4.69, 9.17) is 0 Å². The number of nitrogens with zero attached hydrogens (tertiary/aromatic N) is 1. The van der Waals surface area contributed by atoms with Gasteiger partial charge in [0.25, 0.3) is 5.91 Å². The number of carboxylic acid groups (broad SMARTS) is 1. The summed E-state index contributed by atoms with van der Waals surface area (Å²) >= 11 is 0. The fourth-order valence-electron chi connectivity index (χ4n) is 2.46. The standard InChI is InChI=1S/C13H14F2N2O3/c14-9-8(3-6-16-10(9)15)11(18)17-7-13(12(19)20)4-1-2-5-13/h3,6H,1-2,4-5,7H2,(H,17,18)(H,19,20). The molecule has 7 heteroatoms. The van der Waals surface area contributed by atoms with Crippen molar-refractivity contribution in [1.82, 2.24) is 10.3 Å². The Bertz CT molecular complexity index is 542. The molecule has 1 saturated carbocycles. The summed E-state index contributed by atoms with van der Waals surface area (Å²) in [5.41, 5.74) is -1.48. The van der Waals surface area contributed by atoms with Gasteiger partial charge >= 0.3 is 5.97 Å². The summed E-state index contributed by atoms with van der Waals surface area (Å²) < 4.78 is 26.3. The SMILES string of the molecule is O=C(NCC1(C(=O)O)CCCC1)c1ccnc(F)c1F. The van der Waals surface area contributed by atoms with Crippen molar-refractivity contribution in [2.45, 2.75) is 25.7 Å². The molecule has 0 aliphatic heterocycles. The third-order valence-electron chi connectivity index (χ3n) is 3.69. The molecule has 108 valence electrons. The first-order valence-electron chi connectivity index (χ1n) is 6.28. The number of hydrogen-bond acceptors (Lipinski definition) is 3. The zero-order chi connectivity index (χ0) is 14.8. The van der Waals surface area contributed by atoms with Crippen LogP contribution in [0, 0.1) is 17.2 Å². The monoisotopic (exact) mass is 284 g/mol. The zero-order valence-electron chi connectivity index (χ0n) is 10.7. The van der Waals surface area contributed by atoms with Crippen molar-refractivity contribution in [3.63, 3.8) is 0 Å². The second-order valence-electron chi connectivity index (χ2n) is 4.94. The average molecular weight is 284 g/mol. The Morgan fingerprint density at radius 3 is 2.60 bits per heavy atom. The van der Waals surface area contributed by atoms with Crippen LogP contribution in [0.15, 0.2) is 12.3 Å². The third-order valence-corrected chi connectivity index (χ3v) is 3.69. The molecule has 0 spiro atoms. The minimum Gasteiger partial charge on any atom is -0.481 e. The third kappa shape index (κ3) is 2.61. The molecule has 1 fully saturated rings. The van der Waals surface area contributed by atoms with Crippen molar-refractivity contribution in [1.29, 1.82) is 0 Å². The molecule has 1 amide bonds. The number of hydrogen-bond donors (Lipinski definition) is 2. The summed E-state index contributed by atoms with van der Waals surface area (Å²) in [6.45, 7) is -0.0927. The molecule has 1 aromatic rings. The van der Waals surface area contributed by atoms with E-state index in [-0.39, 0.29) is 6.54 Å². The van der Waals surface area contributed by atoms with Gasteiger partial charge in [0, 0.05) is 12.7 Å². The summed E-state index contributed by atoms with van der Waals surface area (Å²) in [5, 5.41) is 11.6. The van der Waals surface area contributed by atoms with Gasteiger partial charge in [-0.25, -0.2) is 9.37 Å². The van der Waals surface area contributed by atoms with Gasteiger partial charge in [-0.05, 0) is 18.9 Å². The second-order valence-corrected chi connectivity index (χ2v) is 4.94. The largest absolute Gasteiger partial charge is 0.481 e. The number of pyridine rings is 1. The number of rotatable bonds is 4. The number of aliphatic carboxylic acids is 1. The van der Waals surface area contributed by atoms with Gasteiger partial charge in [-0.1, -0.05) is 12.8 Å². The number of carboxylic acids is 1. The molecule has 0 aromatic carbocycles. The van der Waals surface area contributed by atoms with E-state index >= 15 is 0 Å². The van der Waals surface area contributed by atoms with E-state index in [0.29, 0.717) is 12.8 Å². The first-order valence-corrected chi connectivity index (χ1v) is 6.28. The smallest absolute Gasteiger partial charge is 0.311 e. The molecule has 2 N–H and O–H groups in total. The van der Waals surface area contributed by atoms with Crippen LogP contribution in [0.4, 0.5) is 8.78 Å². The molecule has 1 aliphatic carbocycles. The van der Waals surface area contributed by atoms with Gasteiger partial charge < -0.3 is 10.4 Å². The Kier molecular flexibility index (Phi) is 3.96. The molecule has 0 radical (unpaired) electrons. The lowest BCUT2D eigenvalue weighted by atomic mass is 9.86. The number of carbonyl (C=O) groups is 2. The van der Waals surface area contributed by atoms with E-state index in [1.807, 2.05) is 0 Å². The van der Waals surface area contributed by atoms with Crippen molar-refractivity contribution < 1.29 is 23.5 Å². The predicted octanol–water partition coefficient (Wildman–Crippen LogP) is 1.73. The van der Waals surface area contributed by atoms with Crippen molar-refractivity contribution in [2.75, 3.05) is 6.54 Å². The minimum absolute atomic E-state index is 0.0927. The van der Waals surface area contributed by atoms with E-state index < -0.39 is 34.6 Å². The molecule has 1 heterocycles. The van der Waals surface area contributed by atoms with Crippen molar-refractivity contribution in [3.8, 4) is 0 Å². The number of amides is 1. The topological polar surface area (TPSA) is 79.3 Å². The summed E-state index contributed by atoms with van der Waals surface area (Å²) in [6, 6.07) is 1.05. The van der Waals surface area contributed by atoms with Crippen LogP contribution < -0.4 is 5.32 Å². The van der Waals surface area contributed by atoms with Gasteiger partial charge in [0.05, 0.1) is 11.0 Å². The first kappa shape index (κ1) is 14.4. The predicted molar refractivity (Wildman–Crippen MR) is 65.0 cm³/mol. The molecule has 0 unspecified atom stereocenters. The maximum absolute atomic E-state index is 13.4. The van der Waals surface area contributed by atoms with Crippen molar-refractivity contribution in [2.24, 2.45) is 5.41 Å². The first-order chi connectivity index (χ1) is 9.46. The average Bonchev–Trinajstić information content (AvgIpc) is 2.89. The van der Waals surface area contributed by atoms with Gasteiger partial charge in [-0.2, -0.15) is 4.39 Å². The maximum atomic E-state index is 13.4. The van der Waals surface area contributed by atoms with E-state index in [0.717, 1.165) is 25.1 Å². The lowest BCUT2D eigenvalue weighted by molar-refractivity contribution is -0.148. The molecule has 1 aromatic heterocycles. The molecule has 2 rings (SSSR count). The van der Waals surface area contributed by atoms with Crippen LogP contribution in [0.1, 0.15) is 36.0 Å². The quantitative estimate of drug-likeness (QED) is 0.825. The highest BCUT2D eigenvalue weighted by molar-refractivity contribution is 5.94. The van der Waals surface area contributed by atoms with Gasteiger partial charge in [-0.15, -0.1) is 0 Å². The fourth-order valence-corrected chi connectivity index (χ4v) is 2.46. The van der Waals surface area contributed by atoms with Crippen molar-refractivity contribution in [3.05, 3.63) is 29.6 Å². The van der Waals surface area contributed by atoms with E-state index in [1.165, 1.54) is 0 Å². The molecular weight excluding hydrogens is 270 g/mol. The Labute approximate surface area is 114 Å². The highest BCUT2D eigenvalue weighted by atomic mass is 19.2. The lowest BCUT2D eigenvalue weighted by Crippen LogP contribution is -2.41. The van der Waals surface area contributed by atoms with Gasteiger partial charge in [0.1, 0.15) is 0 Å². The zero-order valence-corrected chi connectivity index (χ0v) is 10.7. The molecular formula is C13H14F2N2O3. The van der Waals surface area contributed by atoms with E-state index in [2.05, 4.69) is 10.3 Å². The molecule has 5 nitrogen and oxygen atoms in total. The highest BCUT2D eigenvalue weighted by Crippen LogP contribution is 2.37.